The van der Waals surface area contributed by atoms with Crippen LogP contribution in [-0.4, -0.2) is 31.5 Å². The van der Waals surface area contributed by atoms with E-state index in [0.717, 1.165) is 35.5 Å². The topological polar surface area (TPSA) is 50.7 Å². The third-order valence-electron chi connectivity index (χ3n) is 3.37. The Labute approximate surface area is 139 Å². The summed E-state index contributed by atoms with van der Waals surface area (Å²) in [4.78, 5) is 0. The van der Waals surface area contributed by atoms with Crippen molar-refractivity contribution in [1.82, 2.24) is 5.32 Å². The molecule has 0 radical (unpaired) electrons. The van der Waals surface area contributed by atoms with Gasteiger partial charge < -0.3 is 19.9 Å². The minimum atomic E-state index is 0. The van der Waals surface area contributed by atoms with E-state index in [2.05, 4.69) is 24.9 Å². The number of hydrogen-bond donors (Lipinski definition) is 2. The van der Waals surface area contributed by atoms with Gasteiger partial charge in [-0.05, 0) is 31.4 Å². The van der Waals surface area contributed by atoms with Crippen LogP contribution in [0.25, 0.3) is 0 Å². The van der Waals surface area contributed by atoms with Crippen molar-refractivity contribution in [3.63, 3.8) is 0 Å². The van der Waals surface area contributed by atoms with Gasteiger partial charge >= 0.3 is 0 Å². The molecule has 1 atom stereocenters. The fourth-order valence-electron chi connectivity index (χ4n) is 2.19. The third kappa shape index (κ3) is 5.87. The molecule has 0 spiro atoms. The lowest BCUT2D eigenvalue weighted by Gasteiger charge is -2.18. The van der Waals surface area contributed by atoms with Crippen molar-refractivity contribution < 1.29 is 14.6 Å². The van der Waals surface area contributed by atoms with Gasteiger partial charge in [0, 0.05) is 18.2 Å². The maximum atomic E-state index is 9.24. The first-order chi connectivity index (χ1) is 10.2. The predicted molar refractivity (Wildman–Crippen MR) is 93.3 cm³/mol. The number of aliphatic hydroxyl groups is 1. The molecule has 0 saturated carbocycles. The van der Waals surface area contributed by atoms with Gasteiger partial charge in [-0.1, -0.05) is 19.1 Å². The molecule has 1 aromatic carbocycles. The molecule has 2 N–H and O–H groups in total. The summed E-state index contributed by atoms with van der Waals surface area (Å²) in [5.41, 5.74) is 2.18. The summed E-state index contributed by atoms with van der Waals surface area (Å²) >= 11 is 0. The zero-order valence-electron chi connectivity index (χ0n) is 13.7. The number of aliphatic hydroxyl groups excluding tert-OH is 1. The molecule has 0 aromatic heterocycles. The van der Waals surface area contributed by atoms with Crippen molar-refractivity contribution in [3.8, 4) is 11.5 Å². The van der Waals surface area contributed by atoms with E-state index in [1.54, 1.807) is 7.11 Å². The second-order valence-electron chi connectivity index (χ2n) is 4.88. The highest BCUT2D eigenvalue weighted by Gasteiger charge is 2.13. The summed E-state index contributed by atoms with van der Waals surface area (Å²) in [5.74, 6) is 1.53. The molecule has 0 aliphatic carbocycles. The molecule has 5 heteroatoms. The van der Waals surface area contributed by atoms with Crippen LogP contribution in [0.5, 0.6) is 11.5 Å². The number of hydrogen-bond acceptors (Lipinski definition) is 4. The molecule has 0 amide bonds. The smallest absolute Gasteiger partial charge is 0.164 e. The monoisotopic (exact) mass is 329 g/mol. The Morgan fingerprint density at radius 2 is 2.09 bits per heavy atom. The molecule has 0 bridgehead atoms. The predicted octanol–water partition coefficient (Wildman–Crippen LogP) is 3.10. The average molecular weight is 330 g/mol. The maximum absolute atomic E-state index is 9.24. The van der Waals surface area contributed by atoms with Gasteiger partial charge in [0.15, 0.2) is 11.5 Å². The zero-order valence-corrected chi connectivity index (χ0v) is 14.5. The Balaban J connectivity index is 0.00000441. The number of allylic oxidation sites excluding steroid dienone is 1. The molecule has 0 saturated heterocycles. The van der Waals surface area contributed by atoms with E-state index in [0.29, 0.717) is 13.2 Å². The molecule has 1 aromatic rings. The van der Waals surface area contributed by atoms with E-state index in [9.17, 15) is 5.11 Å². The van der Waals surface area contributed by atoms with Crippen molar-refractivity contribution >= 4 is 12.4 Å². The molecular weight excluding hydrogens is 302 g/mol. The van der Waals surface area contributed by atoms with E-state index in [4.69, 9.17) is 9.47 Å². The van der Waals surface area contributed by atoms with Crippen molar-refractivity contribution in [3.05, 3.63) is 35.9 Å². The summed E-state index contributed by atoms with van der Waals surface area (Å²) in [5, 5.41) is 12.6. The highest BCUT2D eigenvalue weighted by atomic mass is 35.5. The lowest BCUT2D eigenvalue weighted by molar-refractivity contribution is 0.238. The lowest BCUT2D eigenvalue weighted by atomic mass is 10.0. The first-order valence-corrected chi connectivity index (χ1v) is 7.47. The third-order valence-corrected chi connectivity index (χ3v) is 3.37. The van der Waals surface area contributed by atoms with Crippen LogP contribution in [0.1, 0.15) is 31.4 Å². The number of halogens is 1. The fraction of sp³-hybridized carbons (Fsp3) is 0.529. The van der Waals surface area contributed by atoms with Gasteiger partial charge in [-0.15, -0.1) is 19.0 Å². The standard InChI is InChI=1S/C17H27NO3.ClH/c1-5-8-14-9-13(11-18-15(6-2)12-19)10-16(20-4)17(14)21-7-3;/h5,9-10,15,18-19H,1,6-8,11-12H2,2-4H3;1H. The van der Waals surface area contributed by atoms with E-state index in [1.807, 2.05) is 19.1 Å². The zero-order chi connectivity index (χ0) is 15.7. The molecular formula is C17H28ClNO3. The minimum Gasteiger partial charge on any atom is -0.493 e. The molecule has 22 heavy (non-hydrogen) atoms. The van der Waals surface area contributed by atoms with Crippen molar-refractivity contribution in [2.75, 3.05) is 20.3 Å². The Hall–Kier alpha value is -1.23. The summed E-state index contributed by atoms with van der Waals surface area (Å²) in [6.07, 6.45) is 3.48. The number of methoxy groups -OCH3 is 1. The number of ether oxygens (including phenoxy) is 2. The highest BCUT2D eigenvalue weighted by Crippen LogP contribution is 2.33. The highest BCUT2D eigenvalue weighted by molar-refractivity contribution is 5.85. The van der Waals surface area contributed by atoms with Gasteiger partial charge in [-0.2, -0.15) is 0 Å². The molecule has 0 fully saturated rings. The molecule has 0 aliphatic rings. The second kappa shape index (κ2) is 11.4. The van der Waals surface area contributed by atoms with Crippen LogP contribution in [0, 0.1) is 0 Å². The van der Waals surface area contributed by atoms with Gasteiger partial charge in [0.25, 0.3) is 0 Å². The Morgan fingerprint density at radius 3 is 2.59 bits per heavy atom. The normalized spacial score (nSPS) is 11.5. The molecule has 0 aliphatic heterocycles. The fourth-order valence-corrected chi connectivity index (χ4v) is 2.19. The van der Waals surface area contributed by atoms with Crippen molar-refractivity contribution in [1.29, 1.82) is 0 Å². The first kappa shape index (κ1) is 20.8. The largest absolute Gasteiger partial charge is 0.493 e. The summed E-state index contributed by atoms with van der Waals surface area (Å²) in [6.45, 7) is 9.23. The van der Waals surface area contributed by atoms with Crippen LogP contribution >= 0.6 is 12.4 Å². The Morgan fingerprint density at radius 1 is 1.36 bits per heavy atom. The summed E-state index contributed by atoms with van der Waals surface area (Å²) < 4.78 is 11.1. The lowest BCUT2D eigenvalue weighted by Crippen LogP contribution is -2.31. The SMILES string of the molecule is C=CCc1cc(CNC(CC)CO)cc(OC)c1OCC.Cl. The molecule has 126 valence electrons. The maximum Gasteiger partial charge on any atom is 0.164 e. The number of nitrogens with one attached hydrogen (secondary N) is 1. The van der Waals surface area contributed by atoms with Gasteiger partial charge in [0.1, 0.15) is 0 Å². The Bertz CT molecular complexity index is 448. The number of rotatable bonds is 10. The van der Waals surface area contributed by atoms with Crippen molar-refractivity contribution in [2.45, 2.75) is 39.3 Å². The van der Waals surface area contributed by atoms with E-state index >= 15 is 0 Å². The van der Waals surface area contributed by atoms with Gasteiger partial charge in [0.2, 0.25) is 0 Å². The Kier molecular flexibility index (Phi) is 10.7. The van der Waals surface area contributed by atoms with Crippen molar-refractivity contribution in [2.24, 2.45) is 0 Å². The summed E-state index contributed by atoms with van der Waals surface area (Å²) in [7, 11) is 1.65. The molecule has 4 nitrogen and oxygen atoms in total. The quantitative estimate of drug-likeness (QED) is 0.648. The van der Waals surface area contributed by atoms with Gasteiger partial charge in [-0.25, -0.2) is 0 Å². The minimum absolute atomic E-state index is 0. The molecule has 1 rings (SSSR count). The van der Waals surface area contributed by atoms with Gasteiger partial charge in [0.05, 0.1) is 20.3 Å². The van der Waals surface area contributed by atoms with Crippen LogP contribution in [0.4, 0.5) is 0 Å². The second-order valence-corrected chi connectivity index (χ2v) is 4.88. The first-order valence-electron chi connectivity index (χ1n) is 7.47. The van der Waals surface area contributed by atoms with Gasteiger partial charge in [-0.3, -0.25) is 0 Å². The summed E-state index contributed by atoms with van der Waals surface area (Å²) in [6, 6.07) is 4.20. The van der Waals surface area contributed by atoms with Crippen LogP contribution in [-0.2, 0) is 13.0 Å². The van der Waals surface area contributed by atoms with E-state index in [-0.39, 0.29) is 25.1 Å². The number of benzene rings is 1. The van der Waals surface area contributed by atoms with E-state index in [1.165, 1.54) is 0 Å². The van der Waals surface area contributed by atoms with Crippen LogP contribution in [0.15, 0.2) is 24.8 Å². The molecule has 0 heterocycles. The van der Waals surface area contributed by atoms with Crippen LogP contribution in [0.3, 0.4) is 0 Å². The molecule has 1 unspecified atom stereocenters. The average Bonchev–Trinajstić information content (AvgIpc) is 2.50. The van der Waals surface area contributed by atoms with E-state index < -0.39 is 0 Å². The van der Waals surface area contributed by atoms with Crippen LogP contribution < -0.4 is 14.8 Å². The van der Waals surface area contributed by atoms with Crippen LogP contribution in [0.2, 0.25) is 0 Å².